The summed E-state index contributed by atoms with van der Waals surface area (Å²) in [6.07, 6.45) is 3.52. The summed E-state index contributed by atoms with van der Waals surface area (Å²) in [4.78, 5) is 16.5. The molecular formula is C14H21N3O. The van der Waals surface area contributed by atoms with Gasteiger partial charge in [0.25, 0.3) is 5.91 Å². The van der Waals surface area contributed by atoms with Crippen LogP contribution >= 0.6 is 0 Å². The van der Waals surface area contributed by atoms with Gasteiger partial charge in [0, 0.05) is 24.3 Å². The van der Waals surface area contributed by atoms with Gasteiger partial charge in [-0.25, -0.2) is 4.98 Å². The van der Waals surface area contributed by atoms with Gasteiger partial charge in [0.05, 0.1) is 0 Å². The summed E-state index contributed by atoms with van der Waals surface area (Å²) >= 11 is 0. The summed E-state index contributed by atoms with van der Waals surface area (Å²) in [7, 11) is 1.81. The van der Waals surface area contributed by atoms with Crippen molar-refractivity contribution < 1.29 is 4.79 Å². The molecule has 1 amide bonds. The van der Waals surface area contributed by atoms with Gasteiger partial charge in [-0.05, 0) is 37.8 Å². The molecule has 1 aliphatic carbocycles. The largest absolute Gasteiger partial charge is 0.373 e. The van der Waals surface area contributed by atoms with Gasteiger partial charge >= 0.3 is 0 Å². The molecule has 2 rings (SSSR count). The Hall–Kier alpha value is -1.58. The van der Waals surface area contributed by atoms with Crippen molar-refractivity contribution >= 4 is 11.7 Å². The highest BCUT2D eigenvalue weighted by Gasteiger charge is 2.25. The molecule has 1 aromatic rings. The van der Waals surface area contributed by atoms with E-state index in [1.165, 1.54) is 12.8 Å². The number of hydrogen-bond acceptors (Lipinski definition) is 3. The van der Waals surface area contributed by atoms with Crippen LogP contribution in [0, 0.1) is 12.8 Å². The van der Waals surface area contributed by atoms with Crippen LogP contribution in [0.15, 0.2) is 12.1 Å². The van der Waals surface area contributed by atoms with Gasteiger partial charge in [-0.1, -0.05) is 13.3 Å². The summed E-state index contributed by atoms with van der Waals surface area (Å²) < 4.78 is 0. The quantitative estimate of drug-likeness (QED) is 0.862. The highest BCUT2D eigenvalue weighted by molar-refractivity contribution is 5.95. The van der Waals surface area contributed by atoms with Crippen molar-refractivity contribution in [2.45, 2.75) is 39.2 Å². The predicted molar refractivity (Wildman–Crippen MR) is 72.8 cm³/mol. The molecule has 1 aromatic heterocycles. The maximum Gasteiger partial charge on any atom is 0.251 e. The topological polar surface area (TPSA) is 54.0 Å². The molecule has 0 radical (unpaired) electrons. The average molecular weight is 247 g/mol. The molecule has 0 spiro atoms. The maximum absolute atomic E-state index is 12.2. The van der Waals surface area contributed by atoms with Crippen molar-refractivity contribution in [3.63, 3.8) is 0 Å². The maximum atomic E-state index is 12.2. The molecular weight excluding hydrogens is 226 g/mol. The zero-order chi connectivity index (χ0) is 13.1. The zero-order valence-electron chi connectivity index (χ0n) is 11.3. The van der Waals surface area contributed by atoms with E-state index in [0.717, 1.165) is 17.9 Å². The third-order valence-corrected chi connectivity index (χ3v) is 3.65. The Kier molecular flexibility index (Phi) is 3.84. The number of aryl methyl sites for hydroxylation is 1. The van der Waals surface area contributed by atoms with E-state index in [0.29, 0.717) is 17.5 Å². The fourth-order valence-corrected chi connectivity index (χ4v) is 2.54. The molecule has 2 unspecified atom stereocenters. The Balaban J connectivity index is 2.10. The first-order valence-corrected chi connectivity index (χ1v) is 6.57. The standard InChI is InChI=1S/C14H21N3O/c1-9-5-4-6-12(9)17-14(18)11-7-10(2)16-13(8-11)15-3/h7-9,12H,4-6H2,1-3H3,(H,15,16)(H,17,18). The van der Waals surface area contributed by atoms with Gasteiger partial charge in [0.2, 0.25) is 0 Å². The van der Waals surface area contributed by atoms with E-state index in [1.807, 2.05) is 20.0 Å². The Morgan fingerprint density at radius 1 is 1.39 bits per heavy atom. The van der Waals surface area contributed by atoms with Crippen LogP contribution in [0.2, 0.25) is 0 Å². The lowest BCUT2D eigenvalue weighted by Gasteiger charge is -2.17. The van der Waals surface area contributed by atoms with E-state index < -0.39 is 0 Å². The van der Waals surface area contributed by atoms with E-state index in [4.69, 9.17) is 0 Å². The van der Waals surface area contributed by atoms with Gasteiger partial charge < -0.3 is 10.6 Å². The second-order valence-electron chi connectivity index (χ2n) is 5.12. The molecule has 1 aliphatic rings. The summed E-state index contributed by atoms with van der Waals surface area (Å²) in [5.74, 6) is 1.33. The average Bonchev–Trinajstić information content (AvgIpc) is 2.74. The van der Waals surface area contributed by atoms with Gasteiger partial charge in [-0.2, -0.15) is 0 Å². The van der Waals surface area contributed by atoms with Crippen LogP contribution in [0.4, 0.5) is 5.82 Å². The zero-order valence-corrected chi connectivity index (χ0v) is 11.3. The first-order chi connectivity index (χ1) is 8.60. The summed E-state index contributed by atoms with van der Waals surface area (Å²) in [5.41, 5.74) is 1.54. The molecule has 4 nitrogen and oxygen atoms in total. The molecule has 18 heavy (non-hydrogen) atoms. The summed E-state index contributed by atoms with van der Waals surface area (Å²) in [5, 5.41) is 6.10. The number of aromatic nitrogens is 1. The lowest BCUT2D eigenvalue weighted by molar-refractivity contribution is 0.0929. The minimum atomic E-state index is 0.00995. The number of pyridine rings is 1. The van der Waals surface area contributed by atoms with Crippen molar-refractivity contribution in [1.82, 2.24) is 10.3 Å². The third kappa shape index (κ3) is 2.81. The molecule has 98 valence electrons. The van der Waals surface area contributed by atoms with Crippen molar-refractivity contribution in [1.29, 1.82) is 0 Å². The van der Waals surface area contributed by atoms with Crippen molar-refractivity contribution in [2.75, 3.05) is 12.4 Å². The number of carbonyl (C=O) groups is 1. The van der Waals surface area contributed by atoms with Gasteiger partial charge in [-0.15, -0.1) is 0 Å². The number of nitrogens with zero attached hydrogens (tertiary/aromatic N) is 1. The van der Waals surface area contributed by atoms with Crippen molar-refractivity contribution in [2.24, 2.45) is 5.92 Å². The number of anilines is 1. The second-order valence-corrected chi connectivity index (χ2v) is 5.12. The van der Waals surface area contributed by atoms with E-state index in [2.05, 4.69) is 22.5 Å². The molecule has 2 N–H and O–H groups in total. The van der Waals surface area contributed by atoms with Crippen LogP contribution in [0.5, 0.6) is 0 Å². The van der Waals surface area contributed by atoms with E-state index >= 15 is 0 Å². The minimum Gasteiger partial charge on any atom is -0.373 e. The SMILES string of the molecule is CNc1cc(C(=O)NC2CCCC2C)cc(C)n1. The molecule has 1 heterocycles. The first kappa shape index (κ1) is 12.9. The minimum absolute atomic E-state index is 0.00995. The number of hydrogen-bond donors (Lipinski definition) is 2. The fraction of sp³-hybridized carbons (Fsp3) is 0.571. The van der Waals surface area contributed by atoms with E-state index in [1.54, 1.807) is 6.07 Å². The van der Waals surface area contributed by atoms with Crippen LogP contribution in [0.25, 0.3) is 0 Å². The fourth-order valence-electron chi connectivity index (χ4n) is 2.54. The second kappa shape index (κ2) is 5.38. The molecule has 0 saturated heterocycles. The van der Waals surface area contributed by atoms with Crippen LogP contribution in [-0.2, 0) is 0 Å². The lowest BCUT2D eigenvalue weighted by atomic mass is 10.1. The van der Waals surface area contributed by atoms with E-state index in [9.17, 15) is 4.79 Å². The lowest BCUT2D eigenvalue weighted by Crippen LogP contribution is -2.36. The van der Waals surface area contributed by atoms with Crippen LogP contribution in [0.3, 0.4) is 0 Å². The van der Waals surface area contributed by atoms with E-state index in [-0.39, 0.29) is 5.91 Å². The molecule has 4 heteroatoms. The Bertz CT molecular complexity index is 445. The number of carbonyl (C=O) groups excluding carboxylic acids is 1. The van der Waals surface area contributed by atoms with Gasteiger partial charge in [-0.3, -0.25) is 4.79 Å². The van der Waals surface area contributed by atoms with Crippen LogP contribution in [-0.4, -0.2) is 24.0 Å². The first-order valence-electron chi connectivity index (χ1n) is 6.57. The monoisotopic (exact) mass is 247 g/mol. The van der Waals surface area contributed by atoms with Gasteiger partial charge in [0.1, 0.15) is 5.82 Å². The number of nitrogens with one attached hydrogen (secondary N) is 2. The molecule has 2 atom stereocenters. The Morgan fingerprint density at radius 2 is 2.17 bits per heavy atom. The molecule has 1 fully saturated rings. The highest BCUT2D eigenvalue weighted by atomic mass is 16.1. The predicted octanol–water partition coefficient (Wildman–Crippen LogP) is 2.35. The molecule has 0 bridgehead atoms. The molecule has 0 aromatic carbocycles. The summed E-state index contributed by atoms with van der Waals surface area (Å²) in [6, 6.07) is 3.95. The van der Waals surface area contributed by atoms with Crippen LogP contribution in [0.1, 0.15) is 42.2 Å². The Labute approximate surface area is 108 Å². The van der Waals surface area contributed by atoms with Gasteiger partial charge in [0.15, 0.2) is 0 Å². The third-order valence-electron chi connectivity index (χ3n) is 3.65. The number of amides is 1. The van der Waals surface area contributed by atoms with Crippen LogP contribution < -0.4 is 10.6 Å². The van der Waals surface area contributed by atoms with Crippen molar-refractivity contribution in [3.8, 4) is 0 Å². The smallest absolute Gasteiger partial charge is 0.251 e. The highest BCUT2D eigenvalue weighted by Crippen LogP contribution is 2.25. The molecule has 1 saturated carbocycles. The van der Waals surface area contributed by atoms with Crippen molar-refractivity contribution in [3.05, 3.63) is 23.4 Å². The molecule has 0 aliphatic heterocycles. The Morgan fingerprint density at radius 3 is 2.78 bits per heavy atom. The normalized spacial score (nSPS) is 22.8. The summed E-state index contributed by atoms with van der Waals surface area (Å²) in [6.45, 7) is 4.10. The number of rotatable bonds is 3.